The zero-order valence-electron chi connectivity index (χ0n) is 12.4. The van der Waals surface area contributed by atoms with Crippen LogP contribution in [0.2, 0.25) is 0 Å². The summed E-state index contributed by atoms with van der Waals surface area (Å²) in [7, 11) is 0. The molecule has 0 spiro atoms. The summed E-state index contributed by atoms with van der Waals surface area (Å²) in [5, 5.41) is 15.0. The smallest absolute Gasteiger partial charge is 0.199 e. The minimum absolute atomic E-state index is 0.0370. The standard InChI is InChI=1S/C17H14N4O2/c1-9-6-7-12-11(8-9)14(17(22)19-12)16-15(20-23)10-4-2-3-5-13(10)21(16)18/h2-8,19,22H,18H2,1H3. The number of para-hydroxylation sites is 1. The molecule has 4 aromatic rings. The summed E-state index contributed by atoms with van der Waals surface area (Å²) in [4.78, 5) is 14.4. The van der Waals surface area contributed by atoms with Crippen LogP contribution in [-0.4, -0.2) is 14.8 Å². The Kier molecular flexibility index (Phi) is 2.68. The fraction of sp³-hybridized carbons (Fsp3) is 0.0588. The number of nitrogens with two attached hydrogens (primary N) is 1. The Morgan fingerprint density at radius 3 is 2.74 bits per heavy atom. The van der Waals surface area contributed by atoms with Gasteiger partial charge in [-0.15, -0.1) is 4.91 Å². The van der Waals surface area contributed by atoms with Gasteiger partial charge in [-0.2, -0.15) is 0 Å². The largest absolute Gasteiger partial charge is 0.494 e. The van der Waals surface area contributed by atoms with Crippen LogP contribution in [0.1, 0.15) is 5.56 Å². The fourth-order valence-corrected chi connectivity index (χ4v) is 3.11. The number of rotatable bonds is 2. The van der Waals surface area contributed by atoms with Crippen molar-refractivity contribution >= 4 is 27.5 Å². The van der Waals surface area contributed by atoms with Crippen LogP contribution in [0.25, 0.3) is 33.1 Å². The average Bonchev–Trinajstić information content (AvgIpc) is 3.01. The summed E-state index contributed by atoms with van der Waals surface area (Å²) < 4.78 is 1.40. The van der Waals surface area contributed by atoms with Gasteiger partial charge in [-0.25, -0.2) is 0 Å². The van der Waals surface area contributed by atoms with Crippen LogP contribution in [0.4, 0.5) is 5.69 Å². The number of fused-ring (bicyclic) bond motifs is 2. The molecule has 0 unspecified atom stereocenters. The molecule has 114 valence electrons. The number of nitroso groups, excluding NO2 is 1. The Labute approximate surface area is 131 Å². The molecule has 6 nitrogen and oxygen atoms in total. The lowest BCUT2D eigenvalue weighted by molar-refractivity contribution is 0.460. The van der Waals surface area contributed by atoms with Crippen molar-refractivity contribution in [3.8, 4) is 17.1 Å². The Morgan fingerprint density at radius 1 is 1.17 bits per heavy atom. The Bertz CT molecular complexity index is 1080. The molecule has 2 aromatic carbocycles. The van der Waals surface area contributed by atoms with Gasteiger partial charge >= 0.3 is 0 Å². The van der Waals surface area contributed by atoms with Gasteiger partial charge in [-0.1, -0.05) is 29.8 Å². The highest BCUT2D eigenvalue weighted by Gasteiger charge is 2.24. The van der Waals surface area contributed by atoms with Crippen LogP contribution in [0.15, 0.2) is 47.6 Å². The maximum absolute atomic E-state index is 11.5. The number of nitrogens with zero attached hydrogens (tertiary/aromatic N) is 2. The van der Waals surface area contributed by atoms with E-state index in [2.05, 4.69) is 10.2 Å². The number of hydrogen-bond donors (Lipinski definition) is 3. The van der Waals surface area contributed by atoms with Crippen LogP contribution in [-0.2, 0) is 0 Å². The zero-order chi connectivity index (χ0) is 16.1. The molecule has 0 atom stereocenters. The summed E-state index contributed by atoms with van der Waals surface area (Å²) >= 11 is 0. The first-order chi connectivity index (χ1) is 11.1. The van der Waals surface area contributed by atoms with E-state index in [0.717, 1.165) is 16.5 Å². The molecule has 4 N–H and O–H groups in total. The molecule has 2 heterocycles. The van der Waals surface area contributed by atoms with E-state index in [0.29, 0.717) is 22.2 Å². The van der Waals surface area contributed by atoms with Gasteiger partial charge in [-0.05, 0) is 30.3 Å². The average molecular weight is 306 g/mol. The number of aromatic amines is 1. The predicted molar refractivity (Wildman–Crippen MR) is 91.2 cm³/mol. The van der Waals surface area contributed by atoms with Crippen molar-refractivity contribution in [1.29, 1.82) is 0 Å². The third kappa shape index (κ3) is 1.75. The highest BCUT2D eigenvalue weighted by atomic mass is 16.3. The predicted octanol–water partition coefficient (Wildman–Crippen LogP) is 3.92. The molecule has 0 radical (unpaired) electrons. The van der Waals surface area contributed by atoms with E-state index in [1.807, 2.05) is 43.3 Å². The number of H-pyrrole nitrogens is 1. The second-order valence-electron chi connectivity index (χ2n) is 5.57. The number of hydrogen-bond acceptors (Lipinski definition) is 4. The number of nitrogens with one attached hydrogen (secondary N) is 1. The van der Waals surface area contributed by atoms with Crippen LogP contribution >= 0.6 is 0 Å². The van der Waals surface area contributed by atoms with Crippen molar-refractivity contribution in [2.45, 2.75) is 6.92 Å². The third-order valence-electron chi connectivity index (χ3n) is 4.15. The monoisotopic (exact) mass is 306 g/mol. The SMILES string of the molecule is Cc1ccc2[nH]c(O)c(-c3c(N=O)c4ccccc4n3N)c2c1. The number of aryl methyl sites for hydroxylation is 1. The molecule has 0 aliphatic carbocycles. The highest BCUT2D eigenvalue weighted by molar-refractivity contribution is 6.08. The van der Waals surface area contributed by atoms with Crippen LogP contribution < -0.4 is 5.84 Å². The Balaban J connectivity index is 2.19. The normalized spacial score (nSPS) is 11.3. The van der Waals surface area contributed by atoms with Gasteiger partial charge in [0.05, 0.1) is 11.1 Å². The first-order valence-corrected chi connectivity index (χ1v) is 7.15. The van der Waals surface area contributed by atoms with Crippen molar-refractivity contribution in [3.63, 3.8) is 0 Å². The van der Waals surface area contributed by atoms with E-state index in [4.69, 9.17) is 5.84 Å². The van der Waals surface area contributed by atoms with Crippen LogP contribution in [0.3, 0.4) is 0 Å². The third-order valence-corrected chi connectivity index (χ3v) is 4.15. The number of aromatic hydroxyl groups is 1. The summed E-state index contributed by atoms with van der Waals surface area (Å²) in [6.45, 7) is 1.96. The summed E-state index contributed by atoms with van der Waals surface area (Å²) in [6.07, 6.45) is 0. The summed E-state index contributed by atoms with van der Waals surface area (Å²) in [6, 6.07) is 13.0. The topological polar surface area (TPSA) is 96.4 Å². The molecule has 0 bridgehead atoms. The van der Waals surface area contributed by atoms with E-state index in [9.17, 15) is 10.0 Å². The van der Waals surface area contributed by atoms with E-state index in [-0.39, 0.29) is 11.6 Å². The Morgan fingerprint density at radius 2 is 1.96 bits per heavy atom. The molecule has 0 amide bonds. The molecule has 2 aromatic heterocycles. The van der Waals surface area contributed by atoms with Crippen molar-refractivity contribution < 1.29 is 5.11 Å². The molecule has 0 saturated carbocycles. The molecule has 4 rings (SSSR count). The van der Waals surface area contributed by atoms with E-state index in [1.165, 1.54) is 4.68 Å². The van der Waals surface area contributed by atoms with Crippen molar-refractivity contribution in [3.05, 3.63) is 52.9 Å². The quantitative estimate of drug-likeness (QED) is 0.387. The first-order valence-electron chi connectivity index (χ1n) is 7.15. The molecule has 0 fully saturated rings. The van der Waals surface area contributed by atoms with Crippen LogP contribution in [0, 0.1) is 11.8 Å². The van der Waals surface area contributed by atoms with Gasteiger partial charge in [-0.3, -0.25) is 4.68 Å². The van der Waals surface area contributed by atoms with Crippen molar-refractivity contribution in [1.82, 2.24) is 9.66 Å². The number of aromatic nitrogens is 2. The maximum atomic E-state index is 11.5. The van der Waals surface area contributed by atoms with Gasteiger partial charge in [0.15, 0.2) is 5.88 Å². The van der Waals surface area contributed by atoms with Gasteiger partial charge in [0.2, 0.25) is 0 Å². The lowest BCUT2D eigenvalue weighted by atomic mass is 10.1. The first kappa shape index (κ1) is 13.4. The lowest BCUT2D eigenvalue weighted by Crippen LogP contribution is -2.09. The minimum Gasteiger partial charge on any atom is -0.494 e. The zero-order valence-corrected chi connectivity index (χ0v) is 12.4. The lowest BCUT2D eigenvalue weighted by Gasteiger charge is -2.05. The second-order valence-corrected chi connectivity index (χ2v) is 5.57. The fourth-order valence-electron chi connectivity index (χ4n) is 3.11. The molecule has 0 aliphatic rings. The molecular formula is C17H14N4O2. The van der Waals surface area contributed by atoms with E-state index >= 15 is 0 Å². The minimum atomic E-state index is -0.0370. The van der Waals surface area contributed by atoms with Crippen LogP contribution in [0.5, 0.6) is 5.88 Å². The molecule has 0 saturated heterocycles. The molecule has 6 heteroatoms. The molecule has 0 aliphatic heterocycles. The van der Waals surface area contributed by atoms with Crippen molar-refractivity contribution in [2.24, 2.45) is 5.18 Å². The number of nitrogen functional groups attached to an aromatic ring is 1. The van der Waals surface area contributed by atoms with E-state index < -0.39 is 0 Å². The van der Waals surface area contributed by atoms with E-state index in [1.54, 1.807) is 6.07 Å². The van der Waals surface area contributed by atoms with Gasteiger partial charge < -0.3 is 15.9 Å². The van der Waals surface area contributed by atoms with Crippen molar-refractivity contribution in [2.75, 3.05) is 5.84 Å². The molecular weight excluding hydrogens is 292 g/mol. The van der Waals surface area contributed by atoms with Gasteiger partial charge in [0.25, 0.3) is 0 Å². The summed E-state index contributed by atoms with van der Waals surface area (Å²) in [5.41, 5.74) is 3.59. The molecule has 23 heavy (non-hydrogen) atoms. The highest BCUT2D eigenvalue weighted by Crippen LogP contribution is 2.45. The number of benzene rings is 2. The Hall–Kier alpha value is -3.28. The maximum Gasteiger partial charge on any atom is 0.199 e. The van der Waals surface area contributed by atoms with Gasteiger partial charge in [0, 0.05) is 16.3 Å². The van der Waals surface area contributed by atoms with Gasteiger partial charge in [0.1, 0.15) is 11.4 Å². The second kappa shape index (κ2) is 4.61. The summed E-state index contributed by atoms with van der Waals surface area (Å²) in [5.74, 6) is 6.16.